The number of amides is 2. The maximum absolute atomic E-state index is 12.0. The number of rotatable bonds is 8. The fourth-order valence-corrected chi connectivity index (χ4v) is 2.84. The summed E-state index contributed by atoms with van der Waals surface area (Å²) in [7, 11) is 0. The minimum atomic E-state index is -0.260. The fraction of sp³-hybridized carbons (Fsp3) is 0.250. The second-order valence-electron chi connectivity index (χ2n) is 6.04. The van der Waals surface area contributed by atoms with Gasteiger partial charge in [0.1, 0.15) is 0 Å². The van der Waals surface area contributed by atoms with Crippen molar-refractivity contribution in [2.24, 2.45) is 0 Å². The number of halogens is 2. The Morgan fingerprint density at radius 2 is 1.67 bits per heavy atom. The first-order chi connectivity index (χ1) is 12.8. The van der Waals surface area contributed by atoms with Gasteiger partial charge >= 0.3 is 0 Å². The van der Waals surface area contributed by atoms with E-state index < -0.39 is 0 Å². The summed E-state index contributed by atoms with van der Waals surface area (Å²) in [6.07, 6.45) is 0.341. The average Bonchev–Trinajstić information content (AvgIpc) is 2.63. The third kappa shape index (κ3) is 7.15. The van der Waals surface area contributed by atoms with Crippen molar-refractivity contribution in [3.05, 3.63) is 63.1 Å². The molecule has 0 fully saturated rings. The first-order valence-corrected chi connectivity index (χ1v) is 9.63. The summed E-state index contributed by atoms with van der Waals surface area (Å²) in [4.78, 5) is 35.9. The van der Waals surface area contributed by atoms with Crippen LogP contribution in [0.25, 0.3) is 0 Å². The second-order valence-corrected chi connectivity index (χ2v) is 7.39. The molecule has 0 heterocycles. The summed E-state index contributed by atoms with van der Waals surface area (Å²) in [5, 5.41) is 6.03. The van der Waals surface area contributed by atoms with E-state index in [9.17, 15) is 14.4 Å². The fourth-order valence-electron chi connectivity index (χ4n) is 2.35. The van der Waals surface area contributed by atoms with Gasteiger partial charge in [-0.1, -0.05) is 33.6 Å². The Morgan fingerprint density at radius 1 is 0.963 bits per heavy atom. The Balaban J connectivity index is 1.69. The second kappa shape index (κ2) is 10.2. The van der Waals surface area contributed by atoms with Crippen LogP contribution < -0.4 is 10.6 Å². The monoisotopic (exact) mass is 450 g/mol. The summed E-state index contributed by atoms with van der Waals surface area (Å²) in [5.41, 5.74) is 2.21. The maximum Gasteiger partial charge on any atom is 0.226 e. The number of aryl methyl sites for hydroxylation is 1. The van der Waals surface area contributed by atoms with Gasteiger partial charge in [0, 0.05) is 46.6 Å². The van der Waals surface area contributed by atoms with Crippen LogP contribution in [-0.2, 0) is 9.59 Å². The van der Waals surface area contributed by atoms with Gasteiger partial charge in [0.05, 0.1) is 0 Å². The van der Waals surface area contributed by atoms with Crippen LogP contribution in [0.1, 0.15) is 35.2 Å². The van der Waals surface area contributed by atoms with Crippen LogP contribution in [0.2, 0.25) is 5.02 Å². The van der Waals surface area contributed by atoms with Gasteiger partial charge in [0.25, 0.3) is 0 Å². The largest absolute Gasteiger partial charge is 0.356 e. The van der Waals surface area contributed by atoms with Crippen LogP contribution in [-0.4, -0.2) is 24.1 Å². The van der Waals surface area contributed by atoms with Crippen molar-refractivity contribution in [3.63, 3.8) is 0 Å². The number of anilines is 1. The van der Waals surface area contributed by atoms with Gasteiger partial charge in [-0.3, -0.25) is 14.4 Å². The lowest BCUT2D eigenvalue weighted by Gasteiger charge is -2.09. The van der Waals surface area contributed by atoms with E-state index in [1.807, 2.05) is 25.1 Å². The number of Topliss-reactive ketones (excluding diaryl/α,β-unsaturated/α-hetero) is 1. The average molecular weight is 452 g/mol. The van der Waals surface area contributed by atoms with Crippen molar-refractivity contribution in [1.29, 1.82) is 0 Å². The number of carbonyl (C=O) groups is 3. The van der Waals surface area contributed by atoms with Crippen LogP contribution in [0.3, 0.4) is 0 Å². The predicted octanol–water partition coefficient (Wildman–Crippen LogP) is 4.52. The van der Waals surface area contributed by atoms with Crippen LogP contribution in [0.4, 0.5) is 5.69 Å². The summed E-state index contributed by atoms with van der Waals surface area (Å²) in [5.74, 6) is -0.567. The molecule has 0 aliphatic rings. The lowest BCUT2D eigenvalue weighted by atomic mass is 10.1. The molecule has 2 rings (SSSR count). The van der Waals surface area contributed by atoms with Crippen molar-refractivity contribution >= 4 is 50.8 Å². The van der Waals surface area contributed by atoms with Gasteiger partial charge < -0.3 is 10.6 Å². The van der Waals surface area contributed by atoms with Gasteiger partial charge in [-0.25, -0.2) is 0 Å². The molecule has 142 valence electrons. The molecule has 0 radical (unpaired) electrons. The molecule has 2 amide bonds. The van der Waals surface area contributed by atoms with Crippen molar-refractivity contribution < 1.29 is 14.4 Å². The molecule has 0 aromatic heterocycles. The highest BCUT2D eigenvalue weighted by Gasteiger charge is 2.10. The van der Waals surface area contributed by atoms with E-state index in [0.29, 0.717) is 10.6 Å². The van der Waals surface area contributed by atoms with E-state index >= 15 is 0 Å². The van der Waals surface area contributed by atoms with Crippen molar-refractivity contribution in [2.75, 3.05) is 11.9 Å². The molecule has 2 aromatic carbocycles. The van der Waals surface area contributed by atoms with Crippen LogP contribution in [0, 0.1) is 6.92 Å². The quantitative estimate of drug-likeness (QED) is 0.580. The van der Waals surface area contributed by atoms with E-state index in [0.717, 1.165) is 15.7 Å². The highest BCUT2D eigenvalue weighted by Crippen LogP contribution is 2.20. The van der Waals surface area contributed by atoms with Gasteiger partial charge in [-0.2, -0.15) is 0 Å². The van der Waals surface area contributed by atoms with E-state index in [1.165, 1.54) is 0 Å². The van der Waals surface area contributed by atoms with E-state index in [-0.39, 0.29) is 43.4 Å². The molecule has 0 unspecified atom stereocenters. The van der Waals surface area contributed by atoms with E-state index in [2.05, 4.69) is 26.6 Å². The SMILES string of the molecule is Cc1ccc(Br)cc1NC(=O)CCNC(=O)CCC(=O)c1ccc(Cl)cc1. The predicted molar refractivity (Wildman–Crippen MR) is 110 cm³/mol. The van der Waals surface area contributed by atoms with Crippen LogP contribution in [0.15, 0.2) is 46.9 Å². The lowest BCUT2D eigenvalue weighted by Crippen LogP contribution is -2.28. The zero-order valence-corrected chi connectivity index (χ0v) is 17.2. The highest BCUT2D eigenvalue weighted by atomic mass is 79.9. The Morgan fingerprint density at radius 3 is 2.37 bits per heavy atom. The Kier molecular flexibility index (Phi) is 8.00. The Hall–Kier alpha value is -2.18. The molecule has 0 saturated heterocycles. The molecule has 0 spiro atoms. The summed E-state index contributed by atoms with van der Waals surface area (Å²) < 4.78 is 0.877. The summed E-state index contributed by atoms with van der Waals surface area (Å²) in [6.45, 7) is 2.12. The number of ketones is 1. The molecule has 7 heteroatoms. The molecule has 0 aliphatic heterocycles. The first kappa shape index (κ1) is 21.1. The van der Waals surface area contributed by atoms with Gasteiger partial charge in [0.2, 0.25) is 11.8 Å². The number of nitrogens with one attached hydrogen (secondary N) is 2. The van der Waals surface area contributed by atoms with Crippen LogP contribution in [0.5, 0.6) is 0 Å². The van der Waals surface area contributed by atoms with Crippen molar-refractivity contribution in [3.8, 4) is 0 Å². The molecule has 0 bridgehead atoms. The Labute approximate surface area is 171 Å². The minimum absolute atomic E-state index is 0.0772. The molecule has 2 aromatic rings. The number of hydrogen-bond donors (Lipinski definition) is 2. The van der Waals surface area contributed by atoms with Gasteiger partial charge in [-0.05, 0) is 48.9 Å². The molecule has 5 nitrogen and oxygen atoms in total. The summed E-state index contributed by atoms with van der Waals surface area (Å²) >= 11 is 9.15. The molecule has 2 N–H and O–H groups in total. The van der Waals surface area contributed by atoms with E-state index in [1.54, 1.807) is 24.3 Å². The van der Waals surface area contributed by atoms with Gasteiger partial charge in [-0.15, -0.1) is 0 Å². The van der Waals surface area contributed by atoms with Crippen molar-refractivity contribution in [1.82, 2.24) is 5.32 Å². The van der Waals surface area contributed by atoms with Crippen molar-refractivity contribution in [2.45, 2.75) is 26.2 Å². The number of carbonyl (C=O) groups excluding carboxylic acids is 3. The molecular formula is C20H20BrClN2O3. The van der Waals surface area contributed by atoms with Crippen LogP contribution >= 0.6 is 27.5 Å². The minimum Gasteiger partial charge on any atom is -0.356 e. The number of hydrogen-bond acceptors (Lipinski definition) is 3. The standard InChI is InChI=1S/C20H20BrClN2O3/c1-13-2-5-15(21)12-17(13)24-20(27)10-11-23-19(26)9-8-18(25)14-3-6-16(22)7-4-14/h2-7,12H,8-11H2,1H3,(H,23,26)(H,24,27). The zero-order valence-electron chi connectivity index (χ0n) is 14.9. The lowest BCUT2D eigenvalue weighted by molar-refractivity contribution is -0.121. The molecular weight excluding hydrogens is 432 g/mol. The molecule has 0 atom stereocenters. The molecule has 0 aliphatic carbocycles. The smallest absolute Gasteiger partial charge is 0.226 e. The normalized spacial score (nSPS) is 10.3. The zero-order chi connectivity index (χ0) is 19.8. The third-order valence-corrected chi connectivity index (χ3v) is 4.64. The topological polar surface area (TPSA) is 75.3 Å². The molecule has 0 saturated carbocycles. The number of benzene rings is 2. The molecule has 27 heavy (non-hydrogen) atoms. The summed E-state index contributed by atoms with van der Waals surface area (Å²) in [6, 6.07) is 12.2. The first-order valence-electron chi connectivity index (χ1n) is 8.46. The maximum atomic E-state index is 12.0. The third-order valence-electron chi connectivity index (χ3n) is 3.89. The Bertz CT molecular complexity index is 838. The highest BCUT2D eigenvalue weighted by molar-refractivity contribution is 9.10. The van der Waals surface area contributed by atoms with E-state index in [4.69, 9.17) is 11.6 Å². The van der Waals surface area contributed by atoms with Gasteiger partial charge in [0.15, 0.2) is 5.78 Å².